The third-order valence-corrected chi connectivity index (χ3v) is 3.23. The number of hydrogen-bond donors (Lipinski definition) is 0. The molecule has 11 heavy (non-hydrogen) atoms. The van der Waals surface area contributed by atoms with Gasteiger partial charge in [-0.05, 0) is 19.8 Å². The standard InChI is InChI=1S/C9H16O2/c1-3-9-5-4-8(2,10-6-9)11-7-9/h3-7H2,1-2H3. The molecule has 0 aromatic carbocycles. The van der Waals surface area contributed by atoms with Crippen LogP contribution in [-0.2, 0) is 9.47 Å². The molecule has 0 aromatic rings. The fraction of sp³-hybridized carbons (Fsp3) is 1.00. The van der Waals surface area contributed by atoms with Crippen molar-refractivity contribution in [2.75, 3.05) is 13.2 Å². The molecule has 0 unspecified atom stereocenters. The van der Waals surface area contributed by atoms with E-state index in [-0.39, 0.29) is 5.79 Å². The van der Waals surface area contributed by atoms with Crippen molar-refractivity contribution in [1.82, 2.24) is 0 Å². The zero-order valence-electron chi connectivity index (χ0n) is 7.35. The molecule has 3 heterocycles. The highest BCUT2D eigenvalue weighted by Crippen LogP contribution is 2.45. The van der Waals surface area contributed by atoms with Crippen LogP contribution in [0, 0.1) is 5.41 Å². The molecule has 2 bridgehead atoms. The minimum atomic E-state index is -0.239. The predicted octanol–water partition coefficient (Wildman–Crippen LogP) is 1.94. The van der Waals surface area contributed by atoms with E-state index in [1.165, 1.54) is 12.8 Å². The van der Waals surface area contributed by atoms with E-state index in [2.05, 4.69) is 6.92 Å². The molecule has 3 aliphatic heterocycles. The van der Waals surface area contributed by atoms with Crippen LogP contribution < -0.4 is 0 Å². The summed E-state index contributed by atoms with van der Waals surface area (Å²) in [6.45, 7) is 6.08. The van der Waals surface area contributed by atoms with Crippen molar-refractivity contribution in [2.24, 2.45) is 5.41 Å². The maximum Gasteiger partial charge on any atom is 0.165 e. The number of fused-ring (bicyclic) bond motifs is 3. The topological polar surface area (TPSA) is 18.5 Å². The van der Waals surface area contributed by atoms with Crippen molar-refractivity contribution in [3.8, 4) is 0 Å². The van der Waals surface area contributed by atoms with Crippen LogP contribution in [0.25, 0.3) is 0 Å². The SMILES string of the molecule is CCC12CCC(C)(OC1)OC2. The molecule has 0 radical (unpaired) electrons. The summed E-state index contributed by atoms with van der Waals surface area (Å²) in [6.07, 6.45) is 3.53. The van der Waals surface area contributed by atoms with Crippen molar-refractivity contribution in [3.63, 3.8) is 0 Å². The highest BCUT2D eigenvalue weighted by atomic mass is 16.7. The summed E-state index contributed by atoms with van der Waals surface area (Å²) in [5.74, 6) is -0.239. The molecule has 0 spiro atoms. The molecule has 3 aliphatic rings. The molecule has 0 N–H and O–H groups in total. The van der Waals surface area contributed by atoms with Crippen molar-refractivity contribution in [1.29, 1.82) is 0 Å². The summed E-state index contributed by atoms with van der Waals surface area (Å²) in [7, 11) is 0. The van der Waals surface area contributed by atoms with E-state index >= 15 is 0 Å². The van der Waals surface area contributed by atoms with Gasteiger partial charge in [0.05, 0.1) is 13.2 Å². The van der Waals surface area contributed by atoms with Gasteiger partial charge in [0.1, 0.15) is 0 Å². The first-order valence-corrected chi connectivity index (χ1v) is 4.46. The van der Waals surface area contributed by atoms with Gasteiger partial charge < -0.3 is 9.47 Å². The molecule has 3 fully saturated rings. The summed E-state index contributed by atoms with van der Waals surface area (Å²) in [5, 5.41) is 0. The Hall–Kier alpha value is -0.0800. The molecule has 0 amide bonds. The van der Waals surface area contributed by atoms with Crippen molar-refractivity contribution < 1.29 is 9.47 Å². The van der Waals surface area contributed by atoms with Gasteiger partial charge >= 0.3 is 0 Å². The maximum absolute atomic E-state index is 5.64. The van der Waals surface area contributed by atoms with Gasteiger partial charge in [-0.1, -0.05) is 6.92 Å². The molecule has 3 saturated heterocycles. The normalized spacial score (nSPS) is 49.6. The molecule has 0 aliphatic carbocycles. The molecule has 64 valence electrons. The second-order valence-electron chi connectivity index (χ2n) is 4.06. The summed E-state index contributed by atoms with van der Waals surface area (Å²) in [5.41, 5.74) is 0.359. The van der Waals surface area contributed by atoms with Crippen LogP contribution in [0.1, 0.15) is 33.1 Å². The van der Waals surface area contributed by atoms with Crippen LogP contribution >= 0.6 is 0 Å². The fourth-order valence-electron chi connectivity index (χ4n) is 1.86. The van der Waals surface area contributed by atoms with Crippen LogP contribution in [0.3, 0.4) is 0 Å². The van der Waals surface area contributed by atoms with E-state index in [1.807, 2.05) is 6.92 Å². The molecular weight excluding hydrogens is 140 g/mol. The Morgan fingerprint density at radius 2 is 1.82 bits per heavy atom. The van der Waals surface area contributed by atoms with Crippen LogP contribution in [0.4, 0.5) is 0 Å². The lowest BCUT2D eigenvalue weighted by Crippen LogP contribution is -2.53. The van der Waals surface area contributed by atoms with Crippen molar-refractivity contribution >= 4 is 0 Å². The van der Waals surface area contributed by atoms with E-state index < -0.39 is 0 Å². The van der Waals surface area contributed by atoms with Gasteiger partial charge in [0.2, 0.25) is 0 Å². The smallest absolute Gasteiger partial charge is 0.165 e. The molecular formula is C9H16O2. The number of rotatable bonds is 1. The average molecular weight is 156 g/mol. The third kappa shape index (κ3) is 1.09. The minimum absolute atomic E-state index is 0.239. The largest absolute Gasteiger partial charge is 0.350 e. The van der Waals surface area contributed by atoms with Crippen LogP contribution in [0.15, 0.2) is 0 Å². The van der Waals surface area contributed by atoms with Gasteiger partial charge in [0, 0.05) is 11.8 Å². The number of ether oxygens (including phenoxy) is 2. The second kappa shape index (κ2) is 2.20. The van der Waals surface area contributed by atoms with E-state index in [1.54, 1.807) is 0 Å². The first-order valence-electron chi connectivity index (χ1n) is 4.46. The first kappa shape index (κ1) is 7.56. The van der Waals surface area contributed by atoms with Crippen LogP contribution in [0.2, 0.25) is 0 Å². The van der Waals surface area contributed by atoms with E-state index in [4.69, 9.17) is 9.47 Å². The Kier molecular flexibility index (Phi) is 1.52. The third-order valence-electron chi connectivity index (χ3n) is 3.23. The van der Waals surface area contributed by atoms with Gasteiger partial charge in [-0.15, -0.1) is 0 Å². The predicted molar refractivity (Wildman–Crippen MR) is 42.3 cm³/mol. The molecule has 0 aromatic heterocycles. The van der Waals surface area contributed by atoms with E-state index in [0.29, 0.717) is 5.41 Å². The summed E-state index contributed by atoms with van der Waals surface area (Å²) in [6, 6.07) is 0. The molecule has 2 heteroatoms. The quantitative estimate of drug-likeness (QED) is 0.577. The van der Waals surface area contributed by atoms with Gasteiger partial charge in [0.15, 0.2) is 5.79 Å². The van der Waals surface area contributed by atoms with E-state index in [9.17, 15) is 0 Å². The Balaban J connectivity index is 2.12. The average Bonchev–Trinajstić information content (AvgIpc) is 2.07. The van der Waals surface area contributed by atoms with Crippen LogP contribution in [0.5, 0.6) is 0 Å². The van der Waals surface area contributed by atoms with Gasteiger partial charge in [-0.25, -0.2) is 0 Å². The van der Waals surface area contributed by atoms with Crippen LogP contribution in [-0.4, -0.2) is 19.0 Å². The Morgan fingerprint density at radius 1 is 1.18 bits per heavy atom. The lowest BCUT2D eigenvalue weighted by atomic mass is 9.77. The van der Waals surface area contributed by atoms with E-state index in [0.717, 1.165) is 19.6 Å². The Morgan fingerprint density at radius 3 is 2.18 bits per heavy atom. The van der Waals surface area contributed by atoms with Gasteiger partial charge in [-0.2, -0.15) is 0 Å². The van der Waals surface area contributed by atoms with Gasteiger partial charge in [-0.3, -0.25) is 0 Å². The lowest BCUT2D eigenvalue weighted by molar-refractivity contribution is -0.332. The Bertz CT molecular complexity index is 140. The first-order chi connectivity index (χ1) is 5.18. The molecule has 3 rings (SSSR count). The Labute approximate surface area is 67.9 Å². The summed E-state index contributed by atoms with van der Waals surface area (Å²) >= 11 is 0. The minimum Gasteiger partial charge on any atom is -0.350 e. The van der Waals surface area contributed by atoms with Gasteiger partial charge in [0.25, 0.3) is 0 Å². The monoisotopic (exact) mass is 156 g/mol. The van der Waals surface area contributed by atoms with Crippen molar-refractivity contribution in [2.45, 2.75) is 38.9 Å². The molecule has 2 nitrogen and oxygen atoms in total. The second-order valence-corrected chi connectivity index (χ2v) is 4.06. The highest BCUT2D eigenvalue weighted by molar-refractivity contribution is 4.90. The highest BCUT2D eigenvalue weighted by Gasteiger charge is 2.47. The maximum atomic E-state index is 5.64. The fourth-order valence-corrected chi connectivity index (χ4v) is 1.86. The summed E-state index contributed by atoms with van der Waals surface area (Å²) < 4.78 is 11.3. The zero-order valence-corrected chi connectivity index (χ0v) is 7.35. The molecule has 0 atom stereocenters. The zero-order chi connectivity index (χ0) is 7.95. The lowest BCUT2D eigenvalue weighted by Gasteiger charge is -2.51. The molecule has 0 saturated carbocycles. The summed E-state index contributed by atoms with van der Waals surface area (Å²) in [4.78, 5) is 0. The number of hydrogen-bond acceptors (Lipinski definition) is 2. The van der Waals surface area contributed by atoms with Crippen molar-refractivity contribution in [3.05, 3.63) is 0 Å².